The quantitative estimate of drug-likeness (QED) is 0.215. The van der Waals surface area contributed by atoms with E-state index in [0.717, 1.165) is 29.9 Å². The van der Waals surface area contributed by atoms with Gasteiger partial charge in [-0.1, -0.05) is 99.2 Å². The van der Waals surface area contributed by atoms with Crippen molar-refractivity contribution >= 4 is 11.6 Å². The van der Waals surface area contributed by atoms with Crippen LogP contribution in [0, 0.1) is 11.7 Å². The first-order valence-electron chi connectivity index (χ1n) is 14.3. The number of halogens is 2. The third-order valence-electron chi connectivity index (χ3n) is 8.15. The van der Waals surface area contributed by atoms with Crippen molar-refractivity contribution < 1.29 is 4.39 Å². The van der Waals surface area contributed by atoms with Crippen LogP contribution in [0.1, 0.15) is 100 Å². The van der Waals surface area contributed by atoms with E-state index < -0.39 is 0 Å². The molecule has 1 fully saturated rings. The second-order valence-electron chi connectivity index (χ2n) is 10.8. The Labute approximate surface area is 223 Å². The molecule has 36 heavy (non-hydrogen) atoms. The summed E-state index contributed by atoms with van der Waals surface area (Å²) in [4.78, 5) is 0. The first-order valence-corrected chi connectivity index (χ1v) is 14.6. The molecule has 4 rings (SSSR count). The summed E-state index contributed by atoms with van der Waals surface area (Å²) in [6.45, 7) is 2.28. The maximum absolute atomic E-state index is 14.8. The van der Waals surface area contributed by atoms with E-state index in [1.165, 1.54) is 81.8 Å². The molecule has 0 spiro atoms. The van der Waals surface area contributed by atoms with Gasteiger partial charge in [0, 0.05) is 10.6 Å². The molecular formula is C34H42ClF. The molecule has 0 saturated heterocycles. The standard InChI is InChI=1S/C34H42ClF/c1-2-3-4-5-6-7-8-26-11-16-29(17-12-26)30-18-13-27(14-19-30)9-10-28-15-24-33(34(36)25-28)31-20-22-32(35)23-21-31/h11-12,15-17,20-25,27,30H,2-10,13-14,18-19H2,1H3/t27-,30-. The molecule has 1 aliphatic rings. The molecule has 2 heteroatoms. The number of hydrogen-bond donors (Lipinski definition) is 0. The number of benzene rings is 3. The average molecular weight is 505 g/mol. The lowest BCUT2D eigenvalue weighted by atomic mass is 9.76. The molecule has 0 bridgehead atoms. The van der Waals surface area contributed by atoms with Crippen molar-refractivity contribution in [3.05, 3.63) is 94.3 Å². The average Bonchev–Trinajstić information content (AvgIpc) is 2.91. The maximum Gasteiger partial charge on any atom is 0.131 e. The van der Waals surface area contributed by atoms with Crippen LogP contribution in [0.15, 0.2) is 66.7 Å². The van der Waals surface area contributed by atoms with Gasteiger partial charge in [0.25, 0.3) is 0 Å². The first kappa shape index (κ1) is 26.9. The van der Waals surface area contributed by atoms with Crippen molar-refractivity contribution in [1.82, 2.24) is 0 Å². The van der Waals surface area contributed by atoms with E-state index in [1.807, 2.05) is 30.3 Å². The second-order valence-corrected chi connectivity index (χ2v) is 11.3. The molecule has 0 atom stereocenters. The van der Waals surface area contributed by atoms with Gasteiger partial charge in [0.15, 0.2) is 0 Å². The Kier molecular flexibility index (Phi) is 10.5. The van der Waals surface area contributed by atoms with E-state index in [2.05, 4.69) is 37.3 Å². The summed E-state index contributed by atoms with van der Waals surface area (Å²) in [5, 5.41) is 0.672. The maximum atomic E-state index is 14.8. The predicted molar refractivity (Wildman–Crippen MR) is 153 cm³/mol. The zero-order chi connectivity index (χ0) is 25.2. The summed E-state index contributed by atoms with van der Waals surface area (Å²) in [5.74, 6) is 1.33. The van der Waals surface area contributed by atoms with E-state index in [-0.39, 0.29) is 5.82 Å². The van der Waals surface area contributed by atoms with Crippen LogP contribution in [0.2, 0.25) is 5.02 Å². The van der Waals surface area contributed by atoms with E-state index in [1.54, 1.807) is 6.07 Å². The number of hydrogen-bond acceptors (Lipinski definition) is 0. The fourth-order valence-electron chi connectivity index (χ4n) is 5.80. The molecule has 0 amide bonds. The summed E-state index contributed by atoms with van der Waals surface area (Å²) in [7, 11) is 0. The highest BCUT2D eigenvalue weighted by Gasteiger charge is 2.22. The molecular weight excluding hydrogens is 463 g/mol. The van der Waals surface area contributed by atoms with Crippen LogP contribution in [0.3, 0.4) is 0 Å². The van der Waals surface area contributed by atoms with Crippen LogP contribution in [0.5, 0.6) is 0 Å². The van der Waals surface area contributed by atoms with Crippen LogP contribution in [-0.2, 0) is 12.8 Å². The molecule has 3 aromatic rings. The highest BCUT2D eigenvalue weighted by atomic mass is 35.5. The zero-order valence-electron chi connectivity index (χ0n) is 22.0. The molecule has 0 aromatic heterocycles. The largest absolute Gasteiger partial charge is 0.206 e. The fraction of sp³-hybridized carbons (Fsp3) is 0.471. The van der Waals surface area contributed by atoms with E-state index in [9.17, 15) is 4.39 Å². The van der Waals surface area contributed by atoms with Gasteiger partial charge in [0.2, 0.25) is 0 Å². The third kappa shape index (κ3) is 7.94. The van der Waals surface area contributed by atoms with Crippen LogP contribution in [0.25, 0.3) is 11.1 Å². The lowest BCUT2D eigenvalue weighted by Gasteiger charge is -2.29. The third-order valence-corrected chi connectivity index (χ3v) is 8.40. The first-order chi connectivity index (χ1) is 17.6. The minimum atomic E-state index is -0.140. The molecule has 0 heterocycles. The molecule has 1 aliphatic carbocycles. The highest BCUT2D eigenvalue weighted by Crippen LogP contribution is 2.38. The minimum absolute atomic E-state index is 0.140. The SMILES string of the molecule is CCCCCCCCc1ccc([C@H]2CC[C@H](CCc3ccc(-c4ccc(Cl)cc4)c(F)c3)CC2)cc1. The number of unbranched alkanes of at least 4 members (excludes halogenated alkanes) is 5. The van der Waals surface area contributed by atoms with Crippen LogP contribution >= 0.6 is 11.6 Å². The van der Waals surface area contributed by atoms with Crippen LogP contribution in [0.4, 0.5) is 4.39 Å². The van der Waals surface area contributed by atoms with Crippen molar-refractivity contribution in [2.45, 2.75) is 96.3 Å². The van der Waals surface area contributed by atoms with E-state index in [0.29, 0.717) is 16.5 Å². The normalized spacial score (nSPS) is 17.9. The van der Waals surface area contributed by atoms with Gasteiger partial charge in [-0.3, -0.25) is 0 Å². The zero-order valence-corrected chi connectivity index (χ0v) is 22.7. The summed E-state index contributed by atoms with van der Waals surface area (Å²) >= 11 is 5.97. The summed E-state index contributed by atoms with van der Waals surface area (Å²) in [6, 6.07) is 22.6. The van der Waals surface area contributed by atoms with Gasteiger partial charge in [-0.2, -0.15) is 0 Å². The Balaban J connectivity index is 1.19. The Morgan fingerprint density at radius 2 is 1.39 bits per heavy atom. The molecule has 0 aliphatic heterocycles. The Bertz CT molecular complexity index is 1050. The van der Waals surface area contributed by atoms with Crippen molar-refractivity contribution in [2.24, 2.45) is 5.92 Å². The minimum Gasteiger partial charge on any atom is -0.206 e. The van der Waals surface area contributed by atoms with Gasteiger partial charge in [0.05, 0.1) is 0 Å². The lowest BCUT2D eigenvalue weighted by Crippen LogP contribution is -2.14. The van der Waals surface area contributed by atoms with Gasteiger partial charge in [-0.15, -0.1) is 0 Å². The lowest BCUT2D eigenvalue weighted by molar-refractivity contribution is 0.310. The molecule has 3 aromatic carbocycles. The molecule has 192 valence electrons. The molecule has 1 saturated carbocycles. The van der Waals surface area contributed by atoms with Crippen molar-refractivity contribution in [2.75, 3.05) is 0 Å². The molecule has 0 radical (unpaired) electrons. The summed E-state index contributed by atoms with van der Waals surface area (Å²) in [6.07, 6.45) is 16.7. The van der Waals surface area contributed by atoms with Gasteiger partial charge < -0.3 is 0 Å². The summed E-state index contributed by atoms with van der Waals surface area (Å²) in [5.41, 5.74) is 5.65. The molecule has 0 nitrogen and oxygen atoms in total. The highest BCUT2D eigenvalue weighted by molar-refractivity contribution is 6.30. The van der Waals surface area contributed by atoms with Gasteiger partial charge >= 0.3 is 0 Å². The Morgan fingerprint density at radius 3 is 2.08 bits per heavy atom. The number of rotatable bonds is 12. The monoisotopic (exact) mass is 504 g/mol. The van der Waals surface area contributed by atoms with Crippen molar-refractivity contribution in [1.29, 1.82) is 0 Å². The Hall–Kier alpha value is -2.12. The smallest absolute Gasteiger partial charge is 0.131 e. The second kappa shape index (κ2) is 14.0. The van der Waals surface area contributed by atoms with Gasteiger partial charge in [-0.05, 0) is 104 Å². The van der Waals surface area contributed by atoms with E-state index in [4.69, 9.17) is 11.6 Å². The molecule has 0 unspecified atom stereocenters. The number of aryl methyl sites for hydroxylation is 2. The molecule has 0 N–H and O–H groups in total. The topological polar surface area (TPSA) is 0 Å². The van der Waals surface area contributed by atoms with E-state index >= 15 is 0 Å². The predicted octanol–water partition coefficient (Wildman–Crippen LogP) is 11.0. The van der Waals surface area contributed by atoms with Crippen molar-refractivity contribution in [3.63, 3.8) is 0 Å². The van der Waals surface area contributed by atoms with Gasteiger partial charge in [-0.25, -0.2) is 4.39 Å². The van der Waals surface area contributed by atoms with Crippen LogP contribution < -0.4 is 0 Å². The van der Waals surface area contributed by atoms with Crippen molar-refractivity contribution in [3.8, 4) is 11.1 Å². The van der Waals surface area contributed by atoms with Gasteiger partial charge in [0.1, 0.15) is 5.82 Å². The Morgan fingerprint density at radius 1 is 0.722 bits per heavy atom. The fourth-order valence-corrected chi connectivity index (χ4v) is 5.92. The summed E-state index contributed by atoms with van der Waals surface area (Å²) < 4.78 is 14.8. The van der Waals surface area contributed by atoms with Crippen LogP contribution in [-0.4, -0.2) is 0 Å².